The standard InChI is InChI=1S/C14H16BNO5S/c1-21-13-7-5-11(6-8-13)10-16-22(19,20)14-4-2-3-12(9-14)15(17)18/h2-9,16-18H,10H2,1H3. The lowest BCUT2D eigenvalue weighted by Gasteiger charge is -2.09. The molecule has 0 atom stereocenters. The second-order valence-electron chi connectivity index (χ2n) is 4.62. The Morgan fingerprint density at radius 2 is 1.82 bits per heavy atom. The van der Waals surface area contributed by atoms with Gasteiger partial charge in [0.2, 0.25) is 10.0 Å². The van der Waals surface area contributed by atoms with Crippen molar-refractivity contribution in [3.63, 3.8) is 0 Å². The summed E-state index contributed by atoms with van der Waals surface area (Å²) < 4.78 is 31.9. The highest BCUT2D eigenvalue weighted by molar-refractivity contribution is 7.89. The van der Waals surface area contributed by atoms with E-state index in [-0.39, 0.29) is 16.9 Å². The molecule has 0 radical (unpaired) electrons. The van der Waals surface area contributed by atoms with Gasteiger partial charge in [0, 0.05) is 6.54 Å². The van der Waals surface area contributed by atoms with Crippen LogP contribution in [-0.4, -0.2) is 32.7 Å². The highest BCUT2D eigenvalue weighted by Crippen LogP contribution is 2.12. The van der Waals surface area contributed by atoms with E-state index in [4.69, 9.17) is 14.8 Å². The van der Waals surface area contributed by atoms with Crippen LogP contribution in [0.5, 0.6) is 5.75 Å². The van der Waals surface area contributed by atoms with E-state index in [1.807, 2.05) is 0 Å². The second-order valence-corrected chi connectivity index (χ2v) is 6.39. The molecule has 0 aliphatic carbocycles. The Morgan fingerprint density at radius 1 is 1.14 bits per heavy atom. The van der Waals surface area contributed by atoms with E-state index in [2.05, 4.69) is 4.72 Å². The van der Waals surface area contributed by atoms with E-state index in [1.54, 1.807) is 31.4 Å². The molecule has 0 fully saturated rings. The molecular formula is C14H16BNO5S. The third kappa shape index (κ3) is 4.08. The van der Waals surface area contributed by atoms with Crippen molar-refractivity contribution in [2.45, 2.75) is 11.4 Å². The van der Waals surface area contributed by atoms with Crippen molar-refractivity contribution < 1.29 is 23.2 Å². The molecule has 0 aromatic heterocycles. The fourth-order valence-electron chi connectivity index (χ4n) is 1.85. The molecule has 0 amide bonds. The maximum Gasteiger partial charge on any atom is 0.488 e. The van der Waals surface area contributed by atoms with Gasteiger partial charge in [-0.1, -0.05) is 24.3 Å². The van der Waals surface area contributed by atoms with Gasteiger partial charge in [-0.15, -0.1) is 0 Å². The van der Waals surface area contributed by atoms with Crippen molar-refractivity contribution in [2.75, 3.05) is 7.11 Å². The van der Waals surface area contributed by atoms with E-state index in [0.29, 0.717) is 5.75 Å². The van der Waals surface area contributed by atoms with E-state index < -0.39 is 17.1 Å². The molecule has 2 aromatic rings. The van der Waals surface area contributed by atoms with Gasteiger partial charge in [0.1, 0.15) is 5.75 Å². The molecule has 3 N–H and O–H groups in total. The van der Waals surface area contributed by atoms with Crippen LogP contribution in [0.3, 0.4) is 0 Å². The first kappa shape index (κ1) is 16.5. The second kappa shape index (κ2) is 6.93. The van der Waals surface area contributed by atoms with Crippen molar-refractivity contribution in [3.05, 3.63) is 54.1 Å². The van der Waals surface area contributed by atoms with Crippen molar-refractivity contribution in [2.24, 2.45) is 0 Å². The lowest BCUT2D eigenvalue weighted by atomic mass is 9.81. The average molecular weight is 321 g/mol. The zero-order chi connectivity index (χ0) is 16.2. The molecule has 8 heteroatoms. The van der Waals surface area contributed by atoms with Gasteiger partial charge in [0.05, 0.1) is 12.0 Å². The summed E-state index contributed by atoms with van der Waals surface area (Å²) in [6.07, 6.45) is 0. The van der Waals surface area contributed by atoms with Crippen LogP contribution in [0.1, 0.15) is 5.56 Å². The van der Waals surface area contributed by atoms with Gasteiger partial charge in [-0.25, -0.2) is 13.1 Å². The minimum absolute atomic E-state index is 0.0217. The summed E-state index contributed by atoms with van der Waals surface area (Å²) in [5.41, 5.74) is 0.898. The van der Waals surface area contributed by atoms with E-state index >= 15 is 0 Å². The quantitative estimate of drug-likeness (QED) is 0.643. The smallest absolute Gasteiger partial charge is 0.488 e. The molecule has 0 saturated heterocycles. The molecule has 0 aliphatic heterocycles. The van der Waals surface area contributed by atoms with E-state index in [9.17, 15) is 8.42 Å². The third-order valence-corrected chi connectivity index (χ3v) is 4.49. The van der Waals surface area contributed by atoms with Crippen LogP contribution >= 0.6 is 0 Å². The molecule has 0 saturated carbocycles. The Labute approximate surface area is 129 Å². The largest absolute Gasteiger partial charge is 0.497 e. The SMILES string of the molecule is COc1ccc(CNS(=O)(=O)c2cccc(B(O)O)c2)cc1. The first-order valence-corrected chi connectivity index (χ1v) is 7.99. The number of rotatable bonds is 6. The summed E-state index contributed by atoms with van der Waals surface area (Å²) in [6, 6.07) is 12.5. The highest BCUT2D eigenvalue weighted by Gasteiger charge is 2.17. The maximum atomic E-state index is 12.2. The van der Waals surface area contributed by atoms with Crippen LogP contribution in [-0.2, 0) is 16.6 Å². The zero-order valence-electron chi connectivity index (χ0n) is 11.9. The number of hydrogen-bond acceptors (Lipinski definition) is 5. The average Bonchev–Trinajstić information content (AvgIpc) is 2.53. The Hall–Kier alpha value is -1.87. The lowest BCUT2D eigenvalue weighted by Crippen LogP contribution is -2.31. The summed E-state index contributed by atoms with van der Waals surface area (Å²) in [7, 11) is -3.89. The molecular weight excluding hydrogens is 305 g/mol. The van der Waals surface area contributed by atoms with E-state index in [0.717, 1.165) is 5.56 Å². The summed E-state index contributed by atoms with van der Waals surface area (Å²) in [5, 5.41) is 18.2. The van der Waals surface area contributed by atoms with Crippen LogP contribution in [0.4, 0.5) is 0 Å². The maximum absolute atomic E-state index is 12.2. The lowest BCUT2D eigenvalue weighted by molar-refractivity contribution is 0.414. The molecule has 22 heavy (non-hydrogen) atoms. The summed E-state index contributed by atoms with van der Waals surface area (Å²) in [6.45, 7) is 0.123. The third-order valence-electron chi connectivity index (χ3n) is 3.09. The van der Waals surface area contributed by atoms with Crippen molar-refractivity contribution >= 4 is 22.6 Å². The molecule has 6 nitrogen and oxygen atoms in total. The van der Waals surface area contributed by atoms with Gasteiger partial charge in [-0.3, -0.25) is 0 Å². The molecule has 0 aliphatic rings. The van der Waals surface area contributed by atoms with Gasteiger partial charge in [0.15, 0.2) is 0 Å². The first-order chi connectivity index (χ1) is 10.4. The molecule has 2 rings (SSSR count). The van der Waals surface area contributed by atoms with Crippen LogP contribution in [0, 0.1) is 0 Å². The minimum atomic E-state index is -3.73. The summed E-state index contributed by atoms with van der Waals surface area (Å²) >= 11 is 0. The Kier molecular flexibility index (Phi) is 5.20. The fraction of sp³-hybridized carbons (Fsp3) is 0.143. The van der Waals surface area contributed by atoms with Gasteiger partial charge >= 0.3 is 7.12 Å². The number of nitrogens with one attached hydrogen (secondary N) is 1. The molecule has 2 aromatic carbocycles. The number of benzene rings is 2. The van der Waals surface area contributed by atoms with Gasteiger partial charge in [-0.2, -0.15) is 0 Å². The minimum Gasteiger partial charge on any atom is -0.497 e. The van der Waals surface area contributed by atoms with Gasteiger partial charge in [0.25, 0.3) is 0 Å². The normalized spacial score (nSPS) is 11.2. The predicted octanol–water partition coefficient (Wildman–Crippen LogP) is -0.146. The summed E-state index contributed by atoms with van der Waals surface area (Å²) in [5.74, 6) is 0.691. The van der Waals surface area contributed by atoms with E-state index in [1.165, 1.54) is 24.3 Å². The van der Waals surface area contributed by atoms with Crippen LogP contribution in [0.2, 0.25) is 0 Å². The van der Waals surface area contributed by atoms with Gasteiger partial charge in [-0.05, 0) is 35.3 Å². The number of ether oxygens (including phenoxy) is 1. The number of sulfonamides is 1. The fourth-order valence-corrected chi connectivity index (χ4v) is 2.92. The molecule has 0 heterocycles. The Balaban J connectivity index is 2.11. The van der Waals surface area contributed by atoms with Crippen molar-refractivity contribution in [1.82, 2.24) is 4.72 Å². The highest BCUT2D eigenvalue weighted by atomic mass is 32.2. The first-order valence-electron chi connectivity index (χ1n) is 6.51. The molecule has 116 valence electrons. The summed E-state index contributed by atoms with van der Waals surface area (Å²) in [4.78, 5) is -0.0217. The van der Waals surface area contributed by atoms with Crippen LogP contribution in [0.25, 0.3) is 0 Å². The molecule has 0 unspecified atom stereocenters. The zero-order valence-corrected chi connectivity index (χ0v) is 12.7. The Bertz CT molecular complexity index is 731. The Morgan fingerprint density at radius 3 is 2.41 bits per heavy atom. The molecule has 0 spiro atoms. The van der Waals surface area contributed by atoms with Crippen molar-refractivity contribution in [3.8, 4) is 5.75 Å². The monoisotopic (exact) mass is 321 g/mol. The van der Waals surface area contributed by atoms with Gasteiger partial charge < -0.3 is 14.8 Å². The van der Waals surface area contributed by atoms with Crippen molar-refractivity contribution in [1.29, 1.82) is 0 Å². The van der Waals surface area contributed by atoms with Crippen LogP contribution in [0.15, 0.2) is 53.4 Å². The molecule has 0 bridgehead atoms. The number of hydrogen-bond donors (Lipinski definition) is 3. The predicted molar refractivity (Wildman–Crippen MR) is 83.3 cm³/mol. The topological polar surface area (TPSA) is 95.9 Å². The number of methoxy groups -OCH3 is 1. The van der Waals surface area contributed by atoms with Crippen LogP contribution < -0.4 is 14.9 Å².